The van der Waals surface area contributed by atoms with Gasteiger partial charge in [0, 0.05) is 9.79 Å². The Bertz CT molecular complexity index is 1040. The third kappa shape index (κ3) is 5.28. The number of carbonyl (C=O) groups is 1. The van der Waals surface area contributed by atoms with E-state index in [9.17, 15) is 10.1 Å². The molecule has 0 spiro atoms. The summed E-state index contributed by atoms with van der Waals surface area (Å²) in [6.45, 7) is 6.72. The molecule has 3 rings (SSSR count). The van der Waals surface area contributed by atoms with Gasteiger partial charge in [-0.25, -0.2) is 4.79 Å². The molecule has 0 bridgehead atoms. The molecule has 0 aromatic heterocycles. The van der Waals surface area contributed by atoms with Crippen molar-refractivity contribution in [3.8, 4) is 6.07 Å². The standard InChI is InChI=1S/C25H23NO2S/c1-25(2,3)20-14-12-18(13-15-20)17-28-24(27)21-9-5-7-11-23(21)29-22-10-6-4-8-19(22)16-26/h4-15H,17H2,1-3H3. The van der Waals surface area contributed by atoms with Crippen molar-refractivity contribution in [2.24, 2.45) is 0 Å². The number of nitriles is 1. The van der Waals surface area contributed by atoms with Crippen LogP contribution < -0.4 is 0 Å². The zero-order valence-electron chi connectivity index (χ0n) is 16.8. The maximum atomic E-state index is 12.7. The Morgan fingerprint density at radius 3 is 2.21 bits per heavy atom. The van der Waals surface area contributed by atoms with Crippen LogP contribution in [-0.4, -0.2) is 5.97 Å². The lowest BCUT2D eigenvalue weighted by Gasteiger charge is -2.19. The van der Waals surface area contributed by atoms with Gasteiger partial charge >= 0.3 is 5.97 Å². The van der Waals surface area contributed by atoms with Crippen molar-refractivity contribution in [2.75, 3.05) is 0 Å². The summed E-state index contributed by atoms with van der Waals surface area (Å²) in [5.41, 5.74) is 3.36. The van der Waals surface area contributed by atoms with Gasteiger partial charge in [0.05, 0.1) is 11.1 Å². The molecular weight excluding hydrogens is 378 g/mol. The maximum Gasteiger partial charge on any atom is 0.339 e. The molecule has 3 nitrogen and oxygen atoms in total. The molecule has 0 unspecified atom stereocenters. The van der Waals surface area contributed by atoms with Crippen molar-refractivity contribution in [2.45, 2.75) is 42.6 Å². The Hall–Kier alpha value is -3.03. The molecule has 0 radical (unpaired) electrons. The second-order valence-corrected chi connectivity index (χ2v) is 8.81. The summed E-state index contributed by atoms with van der Waals surface area (Å²) in [6, 6.07) is 25.0. The molecule has 0 atom stereocenters. The van der Waals surface area contributed by atoms with Gasteiger partial charge in [0.1, 0.15) is 12.7 Å². The van der Waals surface area contributed by atoms with Gasteiger partial charge in [0.15, 0.2) is 0 Å². The summed E-state index contributed by atoms with van der Waals surface area (Å²) in [6.07, 6.45) is 0. The molecule has 0 saturated carbocycles. The Balaban J connectivity index is 1.73. The smallest absolute Gasteiger partial charge is 0.339 e. The molecule has 0 aliphatic heterocycles. The van der Waals surface area contributed by atoms with Crippen molar-refractivity contribution < 1.29 is 9.53 Å². The Morgan fingerprint density at radius 2 is 1.55 bits per heavy atom. The topological polar surface area (TPSA) is 50.1 Å². The molecule has 0 N–H and O–H groups in total. The molecule has 0 saturated heterocycles. The minimum atomic E-state index is -0.373. The molecule has 0 fully saturated rings. The quantitative estimate of drug-likeness (QED) is 0.467. The maximum absolute atomic E-state index is 12.7. The van der Waals surface area contributed by atoms with E-state index in [1.165, 1.54) is 17.3 Å². The monoisotopic (exact) mass is 401 g/mol. The van der Waals surface area contributed by atoms with Crippen LogP contribution in [0.2, 0.25) is 0 Å². The average Bonchev–Trinajstić information content (AvgIpc) is 2.72. The summed E-state index contributed by atoms with van der Waals surface area (Å²) >= 11 is 1.40. The first-order valence-electron chi connectivity index (χ1n) is 9.41. The van der Waals surface area contributed by atoms with Crippen molar-refractivity contribution in [1.29, 1.82) is 5.26 Å². The van der Waals surface area contributed by atoms with Gasteiger partial charge in [-0.05, 0) is 40.8 Å². The predicted molar refractivity (Wildman–Crippen MR) is 116 cm³/mol. The highest BCUT2D eigenvalue weighted by molar-refractivity contribution is 7.99. The Kier molecular flexibility index (Phi) is 6.41. The molecule has 0 aliphatic carbocycles. The molecule has 0 amide bonds. The van der Waals surface area contributed by atoms with Crippen molar-refractivity contribution in [1.82, 2.24) is 0 Å². The van der Waals surface area contributed by atoms with E-state index in [1.54, 1.807) is 12.1 Å². The SMILES string of the molecule is CC(C)(C)c1ccc(COC(=O)c2ccccc2Sc2ccccc2C#N)cc1. The van der Waals surface area contributed by atoms with Crippen molar-refractivity contribution in [3.63, 3.8) is 0 Å². The minimum absolute atomic E-state index is 0.0884. The first-order valence-corrected chi connectivity index (χ1v) is 10.2. The summed E-state index contributed by atoms with van der Waals surface area (Å²) in [4.78, 5) is 14.3. The van der Waals surface area contributed by atoms with E-state index in [4.69, 9.17) is 4.74 Å². The van der Waals surface area contributed by atoms with Crippen LogP contribution in [0.4, 0.5) is 0 Å². The first kappa shape index (κ1) is 20.7. The third-order valence-corrected chi connectivity index (χ3v) is 5.68. The highest BCUT2D eigenvalue weighted by atomic mass is 32.2. The highest BCUT2D eigenvalue weighted by Gasteiger charge is 2.16. The van der Waals surface area contributed by atoms with E-state index in [0.29, 0.717) is 11.1 Å². The molecule has 3 aromatic carbocycles. The molecule has 146 valence electrons. The van der Waals surface area contributed by atoms with E-state index in [0.717, 1.165) is 15.4 Å². The zero-order valence-corrected chi connectivity index (χ0v) is 17.6. The lowest BCUT2D eigenvalue weighted by Crippen LogP contribution is -2.11. The van der Waals surface area contributed by atoms with Crippen LogP contribution >= 0.6 is 11.8 Å². The van der Waals surface area contributed by atoms with Crippen LogP contribution in [0.25, 0.3) is 0 Å². The summed E-state index contributed by atoms with van der Waals surface area (Å²) < 4.78 is 5.56. The van der Waals surface area contributed by atoms with E-state index in [2.05, 4.69) is 39.0 Å². The Labute approximate surface area is 176 Å². The normalized spacial score (nSPS) is 11.0. The van der Waals surface area contributed by atoms with Gasteiger partial charge in [-0.3, -0.25) is 0 Å². The summed E-state index contributed by atoms with van der Waals surface area (Å²) in [5.74, 6) is -0.373. The summed E-state index contributed by atoms with van der Waals surface area (Å²) in [5, 5.41) is 9.30. The van der Waals surface area contributed by atoms with E-state index < -0.39 is 0 Å². The lowest BCUT2D eigenvalue weighted by atomic mass is 9.87. The van der Waals surface area contributed by atoms with Gasteiger partial charge in [0.2, 0.25) is 0 Å². The zero-order chi connectivity index (χ0) is 20.9. The number of ether oxygens (including phenoxy) is 1. The number of esters is 1. The molecule has 4 heteroatoms. The largest absolute Gasteiger partial charge is 0.457 e. The van der Waals surface area contributed by atoms with Crippen LogP contribution in [0.3, 0.4) is 0 Å². The van der Waals surface area contributed by atoms with Crippen LogP contribution in [0, 0.1) is 11.3 Å². The number of rotatable bonds is 5. The van der Waals surface area contributed by atoms with Gasteiger partial charge in [0.25, 0.3) is 0 Å². The van der Waals surface area contributed by atoms with Crippen LogP contribution in [-0.2, 0) is 16.8 Å². The predicted octanol–water partition coefficient (Wildman–Crippen LogP) is 6.36. The lowest BCUT2D eigenvalue weighted by molar-refractivity contribution is 0.0468. The van der Waals surface area contributed by atoms with Gasteiger partial charge < -0.3 is 4.74 Å². The van der Waals surface area contributed by atoms with Crippen molar-refractivity contribution in [3.05, 3.63) is 95.1 Å². The molecular formula is C25H23NO2S. The van der Waals surface area contributed by atoms with E-state index in [-0.39, 0.29) is 18.0 Å². The van der Waals surface area contributed by atoms with E-state index >= 15 is 0 Å². The molecule has 0 aliphatic rings. The Morgan fingerprint density at radius 1 is 0.931 bits per heavy atom. The van der Waals surface area contributed by atoms with Gasteiger partial charge in [-0.2, -0.15) is 5.26 Å². The fourth-order valence-corrected chi connectivity index (χ4v) is 3.83. The number of benzene rings is 3. The van der Waals surface area contributed by atoms with Gasteiger partial charge in [-0.15, -0.1) is 0 Å². The van der Waals surface area contributed by atoms with Crippen LogP contribution in [0.1, 0.15) is 47.8 Å². The number of hydrogen-bond donors (Lipinski definition) is 0. The second kappa shape index (κ2) is 8.98. The van der Waals surface area contributed by atoms with Gasteiger partial charge in [-0.1, -0.05) is 81.1 Å². The number of nitrogens with zero attached hydrogens (tertiary/aromatic N) is 1. The first-order chi connectivity index (χ1) is 13.9. The fraction of sp³-hybridized carbons (Fsp3) is 0.200. The number of carbonyl (C=O) groups excluding carboxylic acids is 1. The van der Waals surface area contributed by atoms with Crippen molar-refractivity contribution >= 4 is 17.7 Å². The highest BCUT2D eigenvalue weighted by Crippen LogP contribution is 2.33. The van der Waals surface area contributed by atoms with E-state index in [1.807, 2.05) is 48.5 Å². The van der Waals surface area contributed by atoms with Crippen LogP contribution in [0.5, 0.6) is 0 Å². The molecule has 3 aromatic rings. The van der Waals surface area contributed by atoms with Crippen LogP contribution in [0.15, 0.2) is 82.6 Å². The summed E-state index contributed by atoms with van der Waals surface area (Å²) in [7, 11) is 0. The molecule has 29 heavy (non-hydrogen) atoms. The average molecular weight is 402 g/mol. The molecule has 0 heterocycles. The third-order valence-electron chi connectivity index (χ3n) is 4.52. The minimum Gasteiger partial charge on any atom is -0.457 e. The number of hydrogen-bond acceptors (Lipinski definition) is 4. The fourth-order valence-electron chi connectivity index (χ4n) is 2.82. The second-order valence-electron chi connectivity index (χ2n) is 7.73.